The zero-order chi connectivity index (χ0) is 12.6. The highest BCUT2D eigenvalue weighted by Crippen LogP contribution is 2.34. The fraction of sp³-hybridized carbons (Fsp3) is 0.333. The van der Waals surface area contributed by atoms with Crippen LogP contribution in [0.2, 0.25) is 0 Å². The molecule has 2 N–H and O–H groups in total. The largest absolute Gasteiger partial charge is 0.417 e. The monoisotopic (exact) mass is 289 g/mol. The summed E-state index contributed by atoms with van der Waals surface area (Å²) in [6.07, 6.45) is -3.97. The van der Waals surface area contributed by atoms with Gasteiger partial charge in [-0.1, -0.05) is 6.07 Å². The van der Waals surface area contributed by atoms with E-state index >= 15 is 0 Å². The number of halogens is 4. The molecule has 17 heavy (non-hydrogen) atoms. The number of nitrogens with two attached hydrogens (primary N) is 1. The molecule has 0 heterocycles. The van der Waals surface area contributed by atoms with Gasteiger partial charge in [-0.15, -0.1) is 12.4 Å². The standard InChI is InChI=1S/C9H10F3NO2S.ClH/c1-16(14,15)8-3-2-6(5-13)4-7(8)9(10,11)12;/h2-4H,5,13H2,1H3;1H. The van der Waals surface area contributed by atoms with Crippen LogP contribution in [0.4, 0.5) is 13.2 Å². The van der Waals surface area contributed by atoms with Crippen molar-refractivity contribution in [3.63, 3.8) is 0 Å². The van der Waals surface area contributed by atoms with Crippen molar-refractivity contribution in [2.75, 3.05) is 6.26 Å². The molecular formula is C9H11ClF3NO2S. The summed E-state index contributed by atoms with van der Waals surface area (Å²) < 4.78 is 60.1. The Kier molecular flexibility index (Phi) is 5.00. The van der Waals surface area contributed by atoms with E-state index in [9.17, 15) is 21.6 Å². The maximum atomic E-state index is 12.6. The lowest BCUT2D eigenvalue weighted by molar-refractivity contribution is -0.139. The zero-order valence-corrected chi connectivity index (χ0v) is 10.4. The zero-order valence-electron chi connectivity index (χ0n) is 8.78. The van der Waals surface area contributed by atoms with Crippen LogP contribution in [0.15, 0.2) is 23.1 Å². The summed E-state index contributed by atoms with van der Waals surface area (Å²) in [7, 11) is -3.90. The van der Waals surface area contributed by atoms with Gasteiger partial charge in [-0.25, -0.2) is 8.42 Å². The van der Waals surface area contributed by atoms with Gasteiger partial charge < -0.3 is 5.73 Å². The molecule has 1 aromatic carbocycles. The molecule has 0 saturated heterocycles. The molecule has 0 spiro atoms. The van der Waals surface area contributed by atoms with Crippen LogP contribution in [0.3, 0.4) is 0 Å². The lowest BCUT2D eigenvalue weighted by atomic mass is 10.1. The Balaban J connectivity index is 0.00000256. The quantitative estimate of drug-likeness (QED) is 0.906. The number of rotatable bonds is 2. The van der Waals surface area contributed by atoms with E-state index in [-0.39, 0.29) is 24.5 Å². The van der Waals surface area contributed by atoms with Crippen molar-refractivity contribution >= 4 is 22.2 Å². The summed E-state index contributed by atoms with van der Waals surface area (Å²) in [6, 6.07) is 2.96. The fourth-order valence-corrected chi connectivity index (χ4v) is 2.14. The first-order valence-electron chi connectivity index (χ1n) is 4.26. The Morgan fingerprint density at radius 1 is 1.29 bits per heavy atom. The number of alkyl halides is 3. The first-order chi connectivity index (χ1) is 7.16. The van der Waals surface area contributed by atoms with E-state index in [0.717, 1.165) is 18.4 Å². The number of hydrogen-bond acceptors (Lipinski definition) is 3. The predicted octanol–water partition coefficient (Wildman–Crippen LogP) is 1.99. The molecule has 0 fully saturated rings. The summed E-state index contributed by atoms with van der Waals surface area (Å²) in [4.78, 5) is -0.725. The van der Waals surface area contributed by atoms with Gasteiger partial charge in [-0.2, -0.15) is 13.2 Å². The van der Waals surface area contributed by atoms with Gasteiger partial charge in [0.25, 0.3) is 0 Å². The van der Waals surface area contributed by atoms with Crippen molar-refractivity contribution in [3.8, 4) is 0 Å². The number of benzene rings is 1. The molecule has 0 unspecified atom stereocenters. The molecule has 1 rings (SSSR count). The molecule has 0 aliphatic rings. The van der Waals surface area contributed by atoms with Gasteiger partial charge in [-0.3, -0.25) is 0 Å². The van der Waals surface area contributed by atoms with Gasteiger partial charge in [0.05, 0.1) is 10.5 Å². The van der Waals surface area contributed by atoms with Crippen LogP contribution in [0, 0.1) is 0 Å². The Bertz CT molecular complexity index is 499. The Labute approximate surface area is 103 Å². The van der Waals surface area contributed by atoms with E-state index in [1.54, 1.807) is 0 Å². The molecule has 0 atom stereocenters. The van der Waals surface area contributed by atoms with Crippen LogP contribution < -0.4 is 5.73 Å². The van der Waals surface area contributed by atoms with Crippen molar-refractivity contribution in [1.82, 2.24) is 0 Å². The molecule has 0 radical (unpaired) electrons. The Morgan fingerprint density at radius 2 is 1.82 bits per heavy atom. The Morgan fingerprint density at radius 3 is 2.18 bits per heavy atom. The second-order valence-electron chi connectivity index (χ2n) is 3.30. The number of sulfone groups is 1. The van der Waals surface area contributed by atoms with Crippen LogP contribution in [0.1, 0.15) is 11.1 Å². The van der Waals surface area contributed by atoms with E-state index in [1.807, 2.05) is 0 Å². The van der Waals surface area contributed by atoms with Gasteiger partial charge in [0.2, 0.25) is 0 Å². The summed E-state index contributed by atoms with van der Waals surface area (Å²) >= 11 is 0. The van der Waals surface area contributed by atoms with Crippen molar-refractivity contribution in [2.24, 2.45) is 5.73 Å². The topological polar surface area (TPSA) is 60.2 Å². The average Bonchev–Trinajstić information content (AvgIpc) is 2.14. The highest BCUT2D eigenvalue weighted by Gasteiger charge is 2.36. The molecule has 98 valence electrons. The highest BCUT2D eigenvalue weighted by molar-refractivity contribution is 7.90. The minimum atomic E-state index is -4.70. The van der Waals surface area contributed by atoms with Gasteiger partial charge >= 0.3 is 6.18 Å². The fourth-order valence-electron chi connectivity index (χ4n) is 1.25. The molecule has 0 aliphatic heterocycles. The molecule has 8 heteroatoms. The minimum Gasteiger partial charge on any atom is -0.326 e. The highest BCUT2D eigenvalue weighted by atomic mass is 35.5. The van der Waals surface area contributed by atoms with Crippen molar-refractivity contribution in [3.05, 3.63) is 29.3 Å². The summed E-state index contributed by atoms with van der Waals surface area (Å²) in [5.74, 6) is 0. The second kappa shape index (κ2) is 5.24. The first kappa shape index (κ1) is 16.2. The van der Waals surface area contributed by atoms with Crippen LogP contribution >= 0.6 is 12.4 Å². The lowest BCUT2D eigenvalue weighted by Crippen LogP contribution is -2.13. The van der Waals surface area contributed by atoms with E-state index < -0.39 is 26.5 Å². The molecule has 0 saturated carbocycles. The van der Waals surface area contributed by atoms with Crippen molar-refractivity contribution in [2.45, 2.75) is 17.6 Å². The molecule has 0 aliphatic carbocycles. The van der Waals surface area contributed by atoms with E-state index in [4.69, 9.17) is 5.73 Å². The molecule has 1 aromatic rings. The van der Waals surface area contributed by atoms with Gasteiger partial charge in [0, 0.05) is 12.8 Å². The third-order valence-corrected chi connectivity index (χ3v) is 3.14. The maximum Gasteiger partial charge on any atom is 0.417 e. The average molecular weight is 290 g/mol. The van der Waals surface area contributed by atoms with Gasteiger partial charge in [0.1, 0.15) is 0 Å². The summed E-state index contributed by atoms with van der Waals surface area (Å²) in [5, 5.41) is 0. The minimum absolute atomic E-state index is 0. The maximum absolute atomic E-state index is 12.6. The van der Waals surface area contributed by atoms with Crippen LogP contribution in [0.25, 0.3) is 0 Å². The van der Waals surface area contributed by atoms with Crippen molar-refractivity contribution in [1.29, 1.82) is 0 Å². The lowest BCUT2D eigenvalue weighted by Gasteiger charge is -2.12. The van der Waals surface area contributed by atoms with Crippen LogP contribution in [-0.4, -0.2) is 14.7 Å². The number of hydrogen-bond donors (Lipinski definition) is 1. The van der Waals surface area contributed by atoms with Gasteiger partial charge in [0.15, 0.2) is 9.84 Å². The van der Waals surface area contributed by atoms with E-state index in [2.05, 4.69) is 0 Å². The Hall–Kier alpha value is -0.790. The van der Waals surface area contributed by atoms with E-state index in [0.29, 0.717) is 0 Å². The molecule has 3 nitrogen and oxygen atoms in total. The summed E-state index contributed by atoms with van der Waals surface area (Å²) in [6.45, 7) is -0.0763. The van der Waals surface area contributed by atoms with Crippen LogP contribution in [-0.2, 0) is 22.6 Å². The SMILES string of the molecule is CS(=O)(=O)c1ccc(CN)cc1C(F)(F)F.Cl. The predicted molar refractivity (Wildman–Crippen MR) is 59.7 cm³/mol. The smallest absolute Gasteiger partial charge is 0.326 e. The molecular weight excluding hydrogens is 279 g/mol. The van der Waals surface area contributed by atoms with Crippen molar-refractivity contribution < 1.29 is 21.6 Å². The van der Waals surface area contributed by atoms with Gasteiger partial charge in [-0.05, 0) is 17.7 Å². The molecule has 0 aromatic heterocycles. The molecule has 0 amide bonds. The first-order valence-corrected chi connectivity index (χ1v) is 6.15. The molecule has 0 bridgehead atoms. The third kappa shape index (κ3) is 3.86. The summed E-state index contributed by atoms with van der Waals surface area (Å²) in [5.41, 5.74) is 4.27. The second-order valence-corrected chi connectivity index (χ2v) is 5.29. The van der Waals surface area contributed by atoms with E-state index in [1.165, 1.54) is 6.07 Å². The normalized spacial score (nSPS) is 12.1. The van der Waals surface area contributed by atoms with Crippen LogP contribution in [0.5, 0.6) is 0 Å². The third-order valence-electron chi connectivity index (χ3n) is 1.98.